The molecule has 1 N–H and O–H groups in total. The molecule has 5 heterocycles. The van der Waals surface area contributed by atoms with Crippen LogP contribution in [-0.2, 0) is 9.53 Å². The topological polar surface area (TPSA) is 91.7 Å². The quantitative estimate of drug-likeness (QED) is 0.542. The van der Waals surface area contributed by atoms with Gasteiger partial charge in [-0.2, -0.15) is 9.97 Å². The van der Waals surface area contributed by atoms with Gasteiger partial charge in [0, 0.05) is 45.3 Å². The van der Waals surface area contributed by atoms with Crippen LogP contribution in [0.1, 0.15) is 31.5 Å². The lowest BCUT2D eigenvalue weighted by molar-refractivity contribution is -0.134. The molecule has 0 bridgehead atoms. The third-order valence-corrected chi connectivity index (χ3v) is 7.52. The number of nitrogens with zero attached hydrogens (tertiary/aromatic N) is 7. The van der Waals surface area contributed by atoms with E-state index in [-0.39, 0.29) is 17.8 Å². The molecule has 0 aliphatic carbocycles. The molecule has 3 saturated heterocycles. The summed E-state index contributed by atoms with van der Waals surface area (Å²) in [5.41, 5.74) is 1.05. The number of nitrogens with one attached hydrogen (secondary N) is 1. The van der Waals surface area contributed by atoms with Crippen molar-refractivity contribution in [2.75, 3.05) is 68.8 Å². The number of piperidine rings is 1. The highest BCUT2D eigenvalue weighted by atomic mass is 19.3. The van der Waals surface area contributed by atoms with Crippen LogP contribution in [0.2, 0.25) is 0 Å². The van der Waals surface area contributed by atoms with Crippen molar-refractivity contribution in [1.82, 2.24) is 29.7 Å². The fourth-order valence-corrected chi connectivity index (χ4v) is 5.46. The molecule has 0 radical (unpaired) electrons. The summed E-state index contributed by atoms with van der Waals surface area (Å²) in [5, 5.41) is 3.34. The summed E-state index contributed by atoms with van der Waals surface area (Å²) in [4.78, 5) is 32.9. The van der Waals surface area contributed by atoms with Crippen molar-refractivity contribution < 1.29 is 18.3 Å². The Morgan fingerprint density at radius 2 is 1.71 bits per heavy atom. The molecular formula is C26H32F2N8O2. The molecule has 0 saturated carbocycles. The number of anilines is 2. The molecule has 1 amide bonds. The number of para-hydroxylation sites is 2. The van der Waals surface area contributed by atoms with Crippen LogP contribution >= 0.6 is 0 Å². The van der Waals surface area contributed by atoms with E-state index in [1.165, 1.54) is 4.57 Å². The molecule has 6 rings (SSSR count). The maximum atomic E-state index is 14.1. The number of rotatable bonds is 5. The fraction of sp³-hybridized carbons (Fsp3) is 0.538. The number of ether oxygens (including phenoxy) is 1. The highest BCUT2D eigenvalue weighted by Crippen LogP contribution is 2.30. The van der Waals surface area contributed by atoms with Crippen LogP contribution in [-0.4, -0.2) is 95.4 Å². The van der Waals surface area contributed by atoms with Crippen molar-refractivity contribution in [2.45, 2.75) is 31.7 Å². The molecule has 3 aliphatic heterocycles. The number of alkyl halides is 2. The first-order valence-electron chi connectivity index (χ1n) is 13.3. The zero-order valence-corrected chi connectivity index (χ0v) is 21.2. The second-order valence-electron chi connectivity index (χ2n) is 9.89. The molecule has 3 aromatic rings. The lowest BCUT2D eigenvalue weighted by Gasteiger charge is -2.38. The summed E-state index contributed by atoms with van der Waals surface area (Å²) in [6.07, 6.45) is 0.290. The number of amides is 1. The maximum Gasteiger partial charge on any atom is 0.296 e. The summed E-state index contributed by atoms with van der Waals surface area (Å²) in [7, 11) is 0. The third-order valence-electron chi connectivity index (χ3n) is 7.52. The number of aromatic nitrogens is 4. The summed E-state index contributed by atoms with van der Waals surface area (Å²) >= 11 is 0. The second kappa shape index (κ2) is 10.8. The average molecular weight is 527 g/mol. The average Bonchev–Trinajstić information content (AvgIpc) is 3.38. The van der Waals surface area contributed by atoms with Gasteiger partial charge < -0.3 is 24.8 Å². The molecule has 202 valence electrons. The Hall–Kier alpha value is -3.38. The van der Waals surface area contributed by atoms with E-state index in [0.29, 0.717) is 81.1 Å². The molecule has 10 nitrogen and oxygen atoms in total. The predicted octanol–water partition coefficient (Wildman–Crippen LogP) is 2.38. The number of halogens is 2. The molecule has 2 aromatic heterocycles. The Labute approximate surface area is 219 Å². The van der Waals surface area contributed by atoms with Gasteiger partial charge in [-0.25, -0.2) is 13.8 Å². The van der Waals surface area contributed by atoms with Gasteiger partial charge in [-0.05, 0) is 31.5 Å². The van der Waals surface area contributed by atoms with E-state index in [0.717, 1.165) is 25.8 Å². The second-order valence-corrected chi connectivity index (χ2v) is 9.89. The normalized spacial score (nSPS) is 20.9. The summed E-state index contributed by atoms with van der Waals surface area (Å²) in [6.45, 7) is 5.59. The van der Waals surface area contributed by atoms with Crippen LogP contribution < -0.4 is 15.1 Å². The lowest BCUT2D eigenvalue weighted by atomic mass is 10.0. The Morgan fingerprint density at radius 3 is 2.45 bits per heavy atom. The summed E-state index contributed by atoms with van der Waals surface area (Å²) in [5.74, 6) is 1.29. The lowest BCUT2D eigenvalue weighted by Crippen LogP contribution is -2.55. The Morgan fingerprint density at radius 1 is 0.947 bits per heavy atom. The van der Waals surface area contributed by atoms with E-state index >= 15 is 0 Å². The number of hydrogen-bond acceptors (Lipinski definition) is 8. The molecular weight excluding hydrogens is 494 g/mol. The SMILES string of the molecule is O=C([C@@H]1CCCCN1)N1CCN(c2cc(-n3c(C(F)F)nc4ccccc43)nc(N3CCOCC3)n2)CC1. The van der Waals surface area contributed by atoms with E-state index < -0.39 is 6.43 Å². The molecule has 0 spiro atoms. The van der Waals surface area contributed by atoms with Gasteiger partial charge >= 0.3 is 0 Å². The first-order valence-corrected chi connectivity index (χ1v) is 13.3. The molecule has 3 fully saturated rings. The van der Waals surface area contributed by atoms with Crippen LogP contribution in [0.4, 0.5) is 20.5 Å². The van der Waals surface area contributed by atoms with Crippen LogP contribution in [0.25, 0.3) is 16.9 Å². The monoisotopic (exact) mass is 526 g/mol. The molecule has 3 aliphatic rings. The van der Waals surface area contributed by atoms with Gasteiger partial charge in [-0.1, -0.05) is 18.6 Å². The smallest absolute Gasteiger partial charge is 0.296 e. The van der Waals surface area contributed by atoms with Gasteiger partial charge in [0.15, 0.2) is 5.82 Å². The van der Waals surface area contributed by atoms with E-state index in [4.69, 9.17) is 14.7 Å². The Kier molecular flexibility index (Phi) is 7.07. The summed E-state index contributed by atoms with van der Waals surface area (Å²) in [6, 6.07) is 8.73. The predicted molar refractivity (Wildman–Crippen MR) is 139 cm³/mol. The number of morpholine rings is 1. The van der Waals surface area contributed by atoms with Crippen molar-refractivity contribution in [3.8, 4) is 5.82 Å². The number of piperazine rings is 1. The molecule has 12 heteroatoms. The fourth-order valence-electron chi connectivity index (χ4n) is 5.46. The molecule has 0 unspecified atom stereocenters. The van der Waals surface area contributed by atoms with E-state index in [1.54, 1.807) is 30.3 Å². The highest BCUT2D eigenvalue weighted by molar-refractivity contribution is 5.82. The van der Waals surface area contributed by atoms with Crippen molar-refractivity contribution in [3.05, 3.63) is 36.2 Å². The zero-order valence-electron chi connectivity index (χ0n) is 21.2. The largest absolute Gasteiger partial charge is 0.378 e. The number of imidazole rings is 1. The summed E-state index contributed by atoms with van der Waals surface area (Å²) < 4.78 is 35.2. The zero-order chi connectivity index (χ0) is 26.1. The number of carbonyl (C=O) groups excluding carboxylic acids is 1. The minimum Gasteiger partial charge on any atom is -0.378 e. The Balaban J connectivity index is 1.32. The molecule has 38 heavy (non-hydrogen) atoms. The van der Waals surface area contributed by atoms with E-state index in [9.17, 15) is 13.6 Å². The highest BCUT2D eigenvalue weighted by Gasteiger charge is 2.30. The number of hydrogen-bond donors (Lipinski definition) is 1. The van der Waals surface area contributed by atoms with Gasteiger partial charge in [-0.3, -0.25) is 9.36 Å². The van der Waals surface area contributed by atoms with Gasteiger partial charge in [0.1, 0.15) is 11.6 Å². The standard InChI is InChI=1S/C26H32F2N8O2/c27-23(28)24-30-18-5-1-2-7-20(18)36(24)22-17-21(31-26(32-22)35-13-15-38-16-14-35)33-9-11-34(12-10-33)25(37)19-6-3-4-8-29-19/h1-2,5,7,17,19,23,29H,3-4,6,8-16H2/t19-/m0/s1. The molecule has 1 aromatic carbocycles. The number of carbonyl (C=O) groups is 1. The van der Waals surface area contributed by atoms with Crippen LogP contribution in [0.15, 0.2) is 30.3 Å². The van der Waals surface area contributed by atoms with E-state index in [1.807, 2.05) is 9.80 Å². The van der Waals surface area contributed by atoms with Gasteiger partial charge in [0.05, 0.1) is 30.3 Å². The third kappa shape index (κ3) is 4.90. The van der Waals surface area contributed by atoms with E-state index in [2.05, 4.69) is 15.2 Å². The van der Waals surface area contributed by atoms with Crippen molar-refractivity contribution >= 4 is 28.7 Å². The molecule has 1 atom stereocenters. The van der Waals surface area contributed by atoms with Gasteiger partial charge in [0.2, 0.25) is 11.9 Å². The van der Waals surface area contributed by atoms with Crippen molar-refractivity contribution in [1.29, 1.82) is 0 Å². The maximum absolute atomic E-state index is 14.1. The van der Waals surface area contributed by atoms with Gasteiger partial charge in [-0.15, -0.1) is 0 Å². The van der Waals surface area contributed by atoms with Crippen LogP contribution in [0, 0.1) is 0 Å². The first kappa shape index (κ1) is 24.9. The Bertz CT molecular complexity index is 1280. The van der Waals surface area contributed by atoms with Crippen LogP contribution in [0.5, 0.6) is 0 Å². The minimum atomic E-state index is -2.77. The number of benzene rings is 1. The van der Waals surface area contributed by atoms with Crippen molar-refractivity contribution in [3.63, 3.8) is 0 Å². The van der Waals surface area contributed by atoms with Crippen molar-refractivity contribution in [2.24, 2.45) is 0 Å². The first-order chi connectivity index (χ1) is 18.6. The number of fused-ring (bicyclic) bond motifs is 1. The van der Waals surface area contributed by atoms with Gasteiger partial charge in [0.25, 0.3) is 6.43 Å². The van der Waals surface area contributed by atoms with Crippen LogP contribution in [0.3, 0.4) is 0 Å². The minimum absolute atomic E-state index is 0.101.